The molecule has 2 aliphatic rings. The molecule has 2 heterocycles. The SMILES string of the molecule is [2H]C([2H])([2H])Oc1cc([N+](=O)[O-])ccc1N1CCC(N2CCN(C)CC2)CC1. The molecule has 1 aromatic rings. The molecule has 7 heteroatoms. The molecule has 0 atom stereocenters. The minimum Gasteiger partial charge on any atom is -0.494 e. The summed E-state index contributed by atoms with van der Waals surface area (Å²) in [7, 11) is -0.511. The van der Waals surface area contributed by atoms with Crippen molar-refractivity contribution in [1.29, 1.82) is 0 Å². The van der Waals surface area contributed by atoms with Crippen LogP contribution >= 0.6 is 0 Å². The normalized spacial score (nSPS) is 23.4. The van der Waals surface area contributed by atoms with Gasteiger partial charge in [0.15, 0.2) is 0 Å². The highest BCUT2D eigenvalue weighted by atomic mass is 16.6. The Balaban J connectivity index is 1.70. The van der Waals surface area contributed by atoms with E-state index in [0.29, 0.717) is 11.7 Å². The van der Waals surface area contributed by atoms with Crippen molar-refractivity contribution in [3.63, 3.8) is 0 Å². The summed E-state index contributed by atoms with van der Waals surface area (Å²) in [5, 5.41) is 11.0. The summed E-state index contributed by atoms with van der Waals surface area (Å²) >= 11 is 0. The molecule has 2 saturated heterocycles. The highest BCUT2D eigenvalue weighted by molar-refractivity contribution is 5.62. The fourth-order valence-corrected chi connectivity index (χ4v) is 3.62. The van der Waals surface area contributed by atoms with E-state index in [-0.39, 0.29) is 11.4 Å². The molecule has 0 N–H and O–H groups in total. The predicted molar refractivity (Wildman–Crippen MR) is 94.0 cm³/mol. The molecule has 0 amide bonds. The van der Waals surface area contributed by atoms with Crippen LogP contribution in [0.4, 0.5) is 11.4 Å². The van der Waals surface area contributed by atoms with Crippen molar-refractivity contribution in [2.24, 2.45) is 0 Å². The molecule has 0 aliphatic carbocycles. The number of piperazine rings is 1. The van der Waals surface area contributed by atoms with Gasteiger partial charge in [-0.2, -0.15) is 0 Å². The number of nitro benzene ring substituents is 1. The largest absolute Gasteiger partial charge is 0.494 e. The van der Waals surface area contributed by atoms with Crippen LogP contribution in [0.1, 0.15) is 17.0 Å². The lowest BCUT2D eigenvalue weighted by atomic mass is 10.0. The topological polar surface area (TPSA) is 62.1 Å². The standard InChI is InChI=1S/C17H26N4O3/c1-18-9-11-19(12-10-18)14-5-7-20(8-6-14)16-4-3-15(21(22)23)13-17(16)24-2/h3-4,13-14H,5-12H2,1-2H3/i2D3. The summed E-state index contributed by atoms with van der Waals surface area (Å²) in [5.41, 5.74) is 0.430. The first-order chi connectivity index (χ1) is 12.7. The zero-order chi connectivity index (χ0) is 19.6. The fourth-order valence-electron chi connectivity index (χ4n) is 3.62. The van der Waals surface area contributed by atoms with Gasteiger partial charge >= 0.3 is 0 Å². The summed E-state index contributed by atoms with van der Waals surface area (Å²) in [6.07, 6.45) is 1.96. The molecule has 2 aliphatic heterocycles. The van der Waals surface area contributed by atoms with Gasteiger partial charge in [-0.25, -0.2) is 0 Å². The number of non-ortho nitro benzene ring substituents is 1. The first-order valence-electron chi connectivity index (χ1n) is 9.88. The Kier molecular flexibility index (Phi) is 4.12. The molecule has 3 rings (SSSR count). The monoisotopic (exact) mass is 337 g/mol. The second kappa shape index (κ2) is 7.36. The van der Waals surface area contributed by atoms with Crippen molar-refractivity contribution in [3.8, 4) is 5.75 Å². The maximum atomic E-state index is 11.0. The number of nitrogens with zero attached hydrogens (tertiary/aromatic N) is 4. The Morgan fingerprint density at radius 2 is 1.92 bits per heavy atom. The van der Waals surface area contributed by atoms with Crippen molar-refractivity contribution in [2.75, 3.05) is 58.3 Å². The highest BCUT2D eigenvalue weighted by Crippen LogP contribution is 2.34. The molecule has 0 aromatic heterocycles. The van der Waals surface area contributed by atoms with E-state index in [4.69, 9.17) is 8.85 Å². The molecule has 0 spiro atoms. The maximum Gasteiger partial charge on any atom is 0.273 e. The number of hydrogen-bond donors (Lipinski definition) is 0. The second-order valence-electron chi connectivity index (χ2n) is 6.57. The average molecular weight is 337 g/mol. The Hall–Kier alpha value is -1.86. The Morgan fingerprint density at radius 1 is 1.21 bits per heavy atom. The minimum absolute atomic E-state index is 0.0437. The Labute approximate surface area is 147 Å². The molecule has 132 valence electrons. The van der Waals surface area contributed by atoms with Crippen molar-refractivity contribution < 1.29 is 13.8 Å². The van der Waals surface area contributed by atoms with Crippen LogP contribution in [-0.2, 0) is 0 Å². The van der Waals surface area contributed by atoms with Crippen LogP contribution in [0.2, 0.25) is 0 Å². The number of benzene rings is 1. The van der Waals surface area contributed by atoms with Gasteiger partial charge in [0.2, 0.25) is 0 Å². The summed E-state index contributed by atoms with van der Waals surface area (Å²) in [4.78, 5) is 17.4. The van der Waals surface area contributed by atoms with E-state index in [1.54, 1.807) is 6.07 Å². The molecule has 7 nitrogen and oxygen atoms in total. The van der Waals surface area contributed by atoms with E-state index in [9.17, 15) is 10.1 Å². The number of likely N-dealkylation sites (N-methyl/N-ethyl adjacent to an activating group) is 1. The Morgan fingerprint density at radius 3 is 2.54 bits per heavy atom. The third kappa shape index (κ3) is 3.62. The molecular formula is C17H26N4O3. The Bertz CT molecular complexity index is 670. The van der Waals surface area contributed by atoms with Gasteiger partial charge in [-0.05, 0) is 26.0 Å². The zero-order valence-electron chi connectivity index (χ0n) is 17.0. The predicted octanol–water partition coefficient (Wildman–Crippen LogP) is 1.82. The summed E-state index contributed by atoms with van der Waals surface area (Å²) in [6, 6.07) is 4.72. The van der Waals surface area contributed by atoms with E-state index in [2.05, 4.69) is 21.7 Å². The van der Waals surface area contributed by atoms with Crippen molar-refractivity contribution >= 4 is 11.4 Å². The molecule has 1 aromatic carbocycles. The minimum atomic E-state index is -2.65. The van der Waals surface area contributed by atoms with Gasteiger partial charge in [0.1, 0.15) is 5.75 Å². The quantitative estimate of drug-likeness (QED) is 0.617. The molecule has 24 heavy (non-hydrogen) atoms. The number of rotatable bonds is 4. The lowest BCUT2D eigenvalue weighted by Gasteiger charge is -2.42. The molecule has 0 bridgehead atoms. The van der Waals surface area contributed by atoms with Crippen LogP contribution in [0.5, 0.6) is 5.75 Å². The second-order valence-corrected chi connectivity index (χ2v) is 6.57. The van der Waals surface area contributed by atoms with Crippen molar-refractivity contribution in [1.82, 2.24) is 9.80 Å². The highest BCUT2D eigenvalue weighted by Gasteiger charge is 2.28. The lowest BCUT2D eigenvalue weighted by Crippen LogP contribution is -2.52. The van der Waals surface area contributed by atoms with Gasteiger partial charge < -0.3 is 14.5 Å². The van der Waals surface area contributed by atoms with Crippen molar-refractivity contribution in [2.45, 2.75) is 18.9 Å². The summed E-state index contributed by atoms with van der Waals surface area (Å²) in [5.74, 6) is 0.0437. The number of methoxy groups -OCH3 is 1. The van der Waals surface area contributed by atoms with Crippen LogP contribution in [0, 0.1) is 10.1 Å². The average Bonchev–Trinajstić information content (AvgIpc) is 2.61. The maximum absolute atomic E-state index is 11.0. The number of anilines is 1. The van der Waals surface area contributed by atoms with Crippen LogP contribution in [0.3, 0.4) is 0 Å². The zero-order valence-corrected chi connectivity index (χ0v) is 14.0. The van der Waals surface area contributed by atoms with Crippen LogP contribution in [0.15, 0.2) is 18.2 Å². The fraction of sp³-hybridized carbons (Fsp3) is 0.647. The van der Waals surface area contributed by atoms with Gasteiger partial charge in [0, 0.05) is 51.4 Å². The van der Waals surface area contributed by atoms with Gasteiger partial charge in [-0.3, -0.25) is 15.0 Å². The van der Waals surface area contributed by atoms with Crippen LogP contribution in [0.25, 0.3) is 0 Å². The summed E-state index contributed by atoms with van der Waals surface area (Å²) < 4.78 is 27.1. The van der Waals surface area contributed by atoms with Gasteiger partial charge in [-0.1, -0.05) is 0 Å². The first kappa shape index (κ1) is 13.4. The van der Waals surface area contributed by atoms with E-state index in [0.717, 1.165) is 52.1 Å². The number of ether oxygens (including phenoxy) is 1. The molecule has 2 fully saturated rings. The summed E-state index contributed by atoms with van der Waals surface area (Å²) in [6.45, 7) is 5.86. The van der Waals surface area contributed by atoms with E-state index in [1.807, 2.05) is 0 Å². The van der Waals surface area contributed by atoms with E-state index in [1.165, 1.54) is 12.1 Å². The first-order valence-corrected chi connectivity index (χ1v) is 8.38. The lowest BCUT2D eigenvalue weighted by molar-refractivity contribution is -0.384. The third-order valence-electron chi connectivity index (χ3n) is 5.12. The van der Waals surface area contributed by atoms with Crippen LogP contribution < -0.4 is 9.64 Å². The molecule has 0 saturated carbocycles. The molecule has 0 radical (unpaired) electrons. The smallest absolute Gasteiger partial charge is 0.273 e. The van der Waals surface area contributed by atoms with Crippen LogP contribution in [-0.4, -0.2) is 74.1 Å². The number of piperidine rings is 1. The van der Waals surface area contributed by atoms with E-state index >= 15 is 0 Å². The number of nitro groups is 1. The third-order valence-corrected chi connectivity index (χ3v) is 5.12. The van der Waals surface area contributed by atoms with Gasteiger partial charge in [0.25, 0.3) is 5.69 Å². The molecule has 0 unspecified atom stereocenters. The van der Waals surface area contributed by atoms with Gasteiger partial charge in [-0.15, -0.1) is 0 Å². The molecular weight excluding hydrogens is 308 g/mol. The van der Waals surface area contributed by atoms with Gasteiger partial charge in [0.05, 0.1) is 27.8 Å². The number of hydrogen-bond acceptors (Lipinski definition) is 6. The van der Waals surface area contributed by atoms with Crippen molar-refractivity contribution in [3.05, 3.63) is 28.3 Å². The van der Waals surface area contributed by atoms with E-state index < -0.39 is 12.0 Å².